The van der Waals surface area contributed by atoms with E-state index in [4.69, 9.17) is 9.47 Å². The Labute approximate surface area is 121 Å². The van der Waals surface area contributed by atoms with E-state index >= 15 is 0 Å². The number of ketones is 1. The molecule has 1 aromatic carbocycles. The third-order valence-corrected chi connectivity index (χ3v) is 5.20. The first kappa shape index (κ1) is 12.9. The number of allylic oxidation sites excluding steroid dienone is 1. The molecule has 0 bridgehead atoms. The Balaban J connectivity index is 1.77. The van der Waals surface area contributed by atoms with Crippen molar-refractivity contribution in [3.8, 4) is 11.5 Å². The maximum absolute atomic E-state index is 12.0. The van der Waals surface area contributed by atoms with Gasteiger partial charge in [0.25, 0.3) is 0 Å². The summed E-state index contributed by atoms with van der Waals surface area (Å²) in [6.45, 7) is -0.130. The average Bonchev–Trinajstić information content (AvgIpc) is 2.92. The van der Waals surface area contributed by atoms with Gasteiger partial charge in [0.15, 0.2) is 17.3 Å². The Morgan fingerprint density at radius 3 is 2.95 bits per heavy atom. The molecular weight excluding hydrogens is 272 g/mol. The molecule has 2 N–H and O–H groups in total. The summed E-state index contributed by atoms with van der Waals surface area (Å²) in [5.41, 5.74) is -0.442. The lowest BCUT2D eigenvalue weighted by molar-refractivity contribution is -0.118. The number of methoxy groups -OCH3 is 1. The van der Waals surface area contributed by atoms with Crippen LogP contribution in [0.4, 0.5) is 0 Å². The van der Waals surface area contributed by atoms with Crippen LogP contribution in [0.3, 0.4) is 0 Å². The minimum atomic E-state index is -0.720. The number of hydrogen-bond acceptors (Lipinski definition) is 5. The van der Waals surface area contributed by atoms with Crippen molar-refractivity contribution < 1.29 is 24.5 Å². The van der Waals surface area contributed by atoms with Crippen LogP contribution in [0.15, 0.2) is 30.4 Å². The Bertz CT molecular complexity index is 667. The third kappa shape index (κ3) is 1.35. The molecule has 21 heavy (non-hydrogen) atoms. The van der Waals surface area contributed by atoms with Crippen molar-refractivity contribution in [3.63, 3.8) is 0 Å². The number of epoxide rings is 1. The molecule has 0 radical (unpaired) electrons. The lowest BCUT2D eigenvalue weighted by atomic mass is 9.85. The number of ether oxygens (including phenoxy) is 2. The van der Waals surface area contributed by atoms with Gasteiger partial charge >= 0.3 is 0 Å². The maximum atomic E-state index is 12.0. The van der Waals surface area contributed by atoms with E-state index < -0.39 is 11.2 Å². The van der Waals surface area contributed by atoms with Crippen molar-refractivity contribution in [2.45, 2.75) is 23.5 Å². The van der Waals surface area contributed by atoms with Gasteiger partial charge in [-0.25, -0.2) is 0 Å². The quantitative estimate of drug-likeness (QED) is 0.815. The third-order valence-electron chi connectivity index (χ3n) is 5.20. The summed E-state index contributed by atoms with van der Waals surface area (Å²) in [5, 5.41) is 19.6. The molecule has 5 heteroatoms. The van der Waals surface area contributed by atoms with Crippen molar-refractivity contribution in [1.29, 1.82) is 0 Å². The molecule has 3 aliphatic rings. The van der Waals surface area contributed by atoms with Crippen LogP contribution in [-0.2, 0) is 9.53 Å². The van der Waals surface area contributed by atoms with E-state index in [9.17, 15) is 15.0 Å². The molecule has 1 heterocycles. The van der Waals surface area contributed by atoms with Gasteiger partial charge in [-0.2, -0.15) is 0 Å². The van der Waals surface area contributed by atoms with Crippen LogP contribution >= 0.6 is 0 Å². The molecule has 4 unspecified atom stereocenters. The van der Waals surface area contributed by atoms with Crippen molar-refractivity contribution in [2.24, 2.45) is 5.92 Å². The Morgan fingerprint density at radius 1 is 1.43 bits per heavy atom. The van der Waals surface area contributed by atoms with Crippen LogP contribution < -0.4 is 4.74 Å². The van der Waals surface area contributed by atoms with E-state index in [1.807, 2.05) is 0 Å². The Morgan fingerprint density at radius 2 is 2.24 bits per heavy atom. The normalized spacial score (nSPS) is 39.2. The standard InChI is InChI=1S/C16H16O5/c1-20-14-6-9(2-3-13(14)19)10-7-11-12(18)4-5-15(11)16(10,8-17)21-15/h2-6,10-11,17,19H,7-8H2,1H3. The molecule has 1 aliphatic heterocycles. The van der Waals surface area contributed by atoms with Gasteiger partial charge in [0, 0.05) is 5.92 Å². The summed E-state index contributed by atoms with van der Waals surface area (Å²) in [7, 11) is 1.49. The molecule has 1 saturated heterocycles. The lowest BCUT2D eigenvalue weighted by Crippen LogP contribution is -2.29. The van der Waals surface area contributed by atoms with Gasteiger partial charge in [-0.3, -0.25) is 4.79 Å². The number of aliphatic hydroxyl groups is 1. The predicted octanol–water partition coefficient (Wildman–Crippen LogP) is 1.14. The highest BCUT2D eigenvalue weighted by molar-refractivity contribution is 5.98. The largest absolute Gasteiger partial charge is 0.504 e. The number of carbonyl (C=O) groups excluding carboxylic acids is 1. The van der Waals surface area contributed by atoms with Crippen LogP contribution in [0.1, 0.15) is 17.9 Å². The van der Waals surface area contributed by atoms with Crippen molar-refractivity contribution >= 4 is 5.78 Å². The van der Waals surface area contributed by atoms with E-state index in [1.54, 1.807) is 30.4 Å². The highest BCUT2D eigenvalue weighted by Gasteiger charge is 2.82. The first-order valence-electron chi connectivity index (χ1n) is 6.99. The number of aromatic hydroxyl groups is 1. The summed E-state index contributed by atoms with van der Waals surface area (Å²) in [6, 6.07) is 5.12. The minimum absolute atomic E-state index is 0.0681. The number of phenolic OH excluding ortho intramolecular Hbond substituents is 1. The van der Waals surface area contributed by atoms with Gasteiger partial charge in [0.05, 0.1) is 19.6 Å². The molecular formula is C16H16O5. The fraction of sp³-hybridized carbons (Fsp3) is 0.438. The van der Waals surface area contributed by atoms with E-state index in [-0.39, 0.29) is 30.0 Å². The monoisotopic (exact) mass is 288 g/mol. The summed E-state index contributed by atoms with van der Waals surface area (Å²) < 4.78 is 11.0. The molecule has 110 valence electrons. The van der Waals surface area contributed by atoms with E-state index in [0.717, 1.165) is 5.56 Å². The van der Waals surface area contributed by atoms with Crippen molar-refractivity contribution in [2.75, 3.05) is 13.7 Å². The maximum Gasteiger partial charge on any atom is 0.161 e. The molecule has 1 aromatic rings. The molecule has 4 atom stereocenters. The molecule has 1 saturated carbocycles. The second-order valence-electron chi connectivity index (χ2n) is 5.95. The van der Waals surface area contributed by atoms with Crippen molar-refractivity contribution in [1.82, 2.24) is 0 Å². The highest BCUT2D eigenvalue weighted by Crippen LogP contribution is 2.70. The number of aliphatic hydroxyl groups excluding tert-OH is 1. The van der Waals surface area contributed by atoms with E-state index in [0.29, 0.717) is 12.2 Å². The minimum Gasteiger partial charge on any atom is -0.504 e. The summed E-state index contributed by atoms with van der Waals surface area (Å²) >= 11 is 0. The Kier molecular flexibility index (Phi) is 2.37. The van der Waals surface area contributed by atoms with Crippen molar-refractivity contribution in [3.05, 3.63) is 35.9 Å². The first-order chi connectivity index (χ1) is 10.1. The summed E-state index contributed by atoms with van der Waals surface area (Å²) in [5.74, 6) is 0.220. The summed E-state index contributed by atoms with van der Waals surface area (Å²) in [4.78, 5) is 12.0. The van der Waals surface area contributed by atoms with Crippen LogP contribution in [0.25, 0.3) is 0 Å². The van der Waals surface area contributed by atoms with Crippen LogP contribution in [-0.4, -0.2) is 40.9 Å². The molecule has 0 aromatic heterocycles. The number of phenols is 1. The zero-order chi connectivity index (χ0) is 14.8. The predicted molar refractivity (Wildman–Crippen MR) is 73.3 cm³/mol. The van der Waals surface area contributed by atoms with Gasteiger partial charge in [0.1, 0.15) is 11.2 Å². The van der Waals surface area contributed by atoms with Crippen LogP contribution in [0, 0.1) is 5.92 Å². The average molecular weight is 288 g/mol. The number of benzene rings is 1. The lowest BCUT2D eigenvalue weighted by Gasteiger charge is -2.20. The van der Waals surface area contributed by atoms with Crippen LogP contribution in [0.5, 0.6) is 11.5 Å². The van der Waals surface area contributed by atoms with Gasteiger partial charge < -0.3 is 19.7 Å². The molecule has 1 spiro atoms. The molecule has 2 aliphatic carbocycles. The van der Waals surface area contributed by atoms with Gasteiger partial charge in [0.2, 0.25) is 0 Å². The smallest absolute Gasteiger partial charge is 0.161 e. The second kappa shape index (κ2) is 3.87. The highest BCUT2D eigenvalue weighted by atomic mass is 16.6. The molecule has 0 amide bonds. The molecule has 2 fully saturated rings. The Hall–Kier alpha value is -1.85. The SMILES string of the molecule is COc1cc(C2CC3C(=O)C=CC34OC24CO)ccc1O. The summed E-state index contributed by atoms with van der Waals surface area (Å²) in [6.07, 6.45) is 4.00. The van der Waals surface area contributed by atoms with Gasteiger partial charge in [-0.1, -0.05) is 6.07 Å². The zero-order valence-electron chi connectivity index (χ0n) is 11.6. The van der Waals surface area contributed by atoms with Gasteiger partial charge in [-0.05, 0) is 36.3 Å². The molecule has 5 nitrogen and oxygen atoms in total. The second-order valence-corrected chi connectivity index (χ2v) is 5.95. The fourth-order valence-corrected chi connectivity index (χ4v) is 4.11. The number of rotatable bonds is 3. The number of carbonyl (C=O) groups is 1. The fourth-order valence-electron chi connectivity index (χ4n) is 4.11. The van der Waals surface area contributed by atoms with E-state index in [1.165, 1.54) is 7.11 Å². The zero-order valence-corrected chi connectivity index (χ0v) is 11.6. The number of hydrogen-bond donors (Lipinski definition) is 2. The topological polar surface area (TPSA) is 79.3 Å². The van der Waals surface area contributed by atoms with E-state index in [2.05, 4.69) is 0 Å². The van der Waals surface area contributed by atoms with Crippen LogP contribution in [0.2, 0.25) is 0 Å². The van der Waals surface area contributed by atoms with Gasteiger partial charge in [-0.15, -0.1) is 0 Å². The molecule has 4 rings (SSSR count). The first-order valence-corrected chi connectivity index (χ1v) is 6.99.